The van der Waals surface area contributed by atoms with Crippen molar-refractivity contribution in [2.45, 2.75) is 32.7 Å². The van der Waals surface area contributed by atoms with Gasteiger partial charge in [-0.3, -0.25) is 4.79 Å². The van der Waals surface area contributed by atoms with E-state index in [1.165, 1.54) is 24.2 Å². The SMILES string of the molecule is C=CCN(Cc1ccc(Cl)s1)C(=O)CC(C)C1CCNCC1. The van der Waals surface area contributed by atoms with Gasteiger partial charge in [0.15, 0.2) is 0 Å². The maximum atomic E-state index is 12.6. The topological polar surface area (TPSA) is 32.3 Å². The molecule has 1 atom stereocenters. The van der Waals surface area contributed by atoms with Crippen LogP contribution in [0, 0.1) is 11.8 Å². The highest BCUT2D eigenvalue weighted by atomic mass is 35.5. The number of carbonyl (C=O) groups excluding carboxylic acids is 1. The molecule has 0 aliphatic carbocycles. The van der Waals surface area contributed by atoms with E-state index >= 15 is 0 Å². The number of halogens is 1. The molecular weight excluding hydrogens is 316 g/mol. The predicted octanol–water partition coefficient (Wildman–Crippen LogP) is 3.94. The molecule has 0 spiro atoms. The van der Waals surface area contributed by atoms with Crippen molar-refractivity contribution in [3.63, 3.8) is 0 Å². The second kappa shape index (κ2) is 8.70. The van der Waals surface area contributed by atoms with E-state index in [9.17, 15) is 4.79 Å². The third kappa shape index (κ3) is 5.11. The molecule has 2 rings (SSSR count). The molecule has 2 heterocycles. The van der Waals surface area contributed by atoms with Crippen LogP contribution in [0.25, 0.3) is 0 Å². The highest BCUT2D eigenvalue weighted by Gasteiger charge is 2.24. The third-order valence-corrected chi connectivity index (χ3v) is 5.58. The van der Waals surface area contributed by atoms with Crippen LogP contribution in [0.2, 0.25) is 4.34 Å². The normalized spacial score (nSPS) is 17.2. The lowest BCUT2D eigenvalue weighted by atomic mass is 9.84. The molecule has 22 heavy (non-hydrogen) atoms. The van der Waals surface area contributed by atoms with Gasteiger partial charge >= 0.3 is 0 Å². The Hall–Kier alpha value is -0.840. The summed E-state index contributed by atoms with van der Waals surface area (Å²) < 4.78 is 0.768. The van der Waals surface area contributed by atoms with E-state index in [1.54, 1.807) is 6.08 Å². The Balaban J connectivity index is 1.91. The van der Waals surface area contributed by atoms with Gasteiger partial charge in [0.25, 0.3) is 0 Å². The predicted molar refractivity (Wildman–Crippen MR) is 94.3 cm³/mol. The van der Waals surface area contributed by atoms with Crippen molar-refractivity contribution in [3.8, 4) is 0 Å². The van der Waals surface area contributed by atoms with E-state index < -0.39 is 0 Å². The van der Waals surface area contributed by atoms with Gasteiger partial charge in [-0.15, -0.1) is 17.9 Å². The maximum Gasteiger partial charge on any atom is 0.223 e. The summed E-state index contributed by atoms with van der Waals surface area (Å²) in [6.07, 6.45) is 4.77. The van der Waals surface area contributed by atoms with Gasteiger partial charge < -0.3 is 10.2 Å². The molecule has 1 N–H and O–H groups in total. The minimum atomic E-state index is 0.218. The molecule has 1 aliphatic rings. The van der Waals surface area contributed by atoms with Crippen LogP contribution in [-0.4, -0.2) is 30.4 Å². The van der Waals surface area contributed by atoms with Gasteiger partial charge in [0.1, 0.15) is 0 Å². The van der Waals surface area contributed by atoms with Gasteiger partial charge in [-0.25, -0.2) is 0 Å². The minimum absolute atomic E-state index is 0.218. The van der Waals surface area contributed by atoms with E-state index in [0.717, 1.165) is 22.3 Å². The van der Waals surface area contributed by atoms with E-state index in [0.29, 0.717) is 31.3 Å². The van der Waals surface area contributed by atoms with Gasteiger partial charge in [0.05, 0.1) is 10.9 Å². The standard InChI is InChI=1S/C17H25ClN2OS/c1-3-10-20(12-15-4-5-16(18)22-15)17(21)11-13(2)14-6-8-19-9-7-14/h3-5,13-14,19H,1,6-12H2,2H3. The first-order valence-corrected chi connectivity index (χ1v) is 9.13. The number of hydrogen-bond donors (Lipinski definition) is 1. The molecule has 0 aromatic carbocycles. The Kier molecular flexibility index (Phi) is 6.93. The molecule has 0 bridgehead atoms. The summed E-state index contributed by atoms with van der Waals surface area (Å²) in [4.78, 5) is 15.6. The molecule has 1 unspecified atom stereocenters. The lowest BCUT2D eigenvalue weighted by Crippen LogP contribution is -2.35. The van der Waals surface area contributed by atoms with E-state index in [1.807, 2.05) is 17.0 Å². The Morgan fingerprint density at radius 2 is 2.27 bits per heavy atom. The fraction of sp³-hybridized carbons (Fsp3) is 0.588. The molecule has 122 valence electrons. The van der Waals surface area contributed by atoms with Gasteiger partial charge in [0.2, 0.25) is 5.91 Å². The Morgan fingerprint density at radius 1 is 1.55 bits per heavy atom. The van der Waals surface area contributed by atoms with Gasteiger partial charge in [0, 0.05) is 17.8 Å². The summed E-state index contributed by atoms with van der Waals surface area (Å²) in [7, 11) is 0. The summed E-state index contributed by atoms with van der Waals surface area (Å²) >= 11 is 7.51. The fourth-order valence-corrected chi connectivity index (χ4v) is 4.12. The number of piperidine rings is 1. The fourth-order valence-electron chi connectivity index (χ4n) is 3.02. The van der Waals surface area contributed by atoms with Crippen LogP contribution in [0.5, 0.6) is 0 Å². The smallest absolute Gasteiger partial charge is 0.223 e. The largest absolute Gasteiger partial charge is 0.334 e. The number of hydrogen-bond acceptors (Lipinski definition) is 3. The zero-order valence-corrected chi connectivity index (χ0v) is 14.8. The molecule has 1 saturated heterocycles. The molecule has 1 fully saturated rings. The van der Waals surface area contributed by atoms with Crippen LogP contribution in [0.3, 0.4) is 0 Å². The van der Waals surface area contributed by atoms with E-state index in [2.05, 4.69) is 18.8 Å². The first-order chi connectivity index (χ1) is 10.6. The first kappa shape index (κ1) is 17.5. The third-order valence-electron chi connectivity index (χ3n) is 4.36. The number of carbonyl (C=O) groups is 1. The van der Waals surface area contributed by atoms with Crippen molar-refractivity contribution in [3.05, 3.63) is 34.0 Å². The average Bonchev–Trinajstić information content (AvgIpc) is 2.93. The molecule has 5 heteroatoms. The summed E-state index contributed by atoms with van der Waals surface area (Å²) in [6.45, 7) is 9.35. The summed E-state index contributed by atoms with van der Waals surface area (Å²) in [5.41, 5.74) is 0. The molecule has 0 radical (unpaired) electrons. The monoisotopic (exact) mass is 340 g/mol. The molecular formula is C17H25ClN2OS. The van der Waals surface area contributed by atoms with Crippen molar-refractivity contribution >= 4 is 28.8 Å². The van der Waals surface area contributed by atoms with Crippen molar-refractivity contribution in [2.24, 2.45) is 11.8 Å². The molecule has 1 aliphatic heterocycles. The minimum Gasteiger partial charge on any atom is -0.334 e. The summed E-state index contributed by atoms with van der Waals surface area (Å²) in [6, 6.07) is 3.88. The average molecular weight is 341 g/mol. The zero-order chi connectivity index (χ0) is 15.9. The van der Waals surface area contributed by atoms with Crippen LogP contribution in [-0.2, 0) is 11.3 Å². The Labute approximate surface area is 142 Å². The van der Waals surface area contributed by atoms with Crippen LogP contribution in [0.15, 0.2) is 24.8 Å². The number of nitrogens with zero attached hydrogens (tertiary/aromatic N) is 1. The van der Waals surface area contributed by atoms with Gasteiger partial charge in [-0.1, -0.05) is 24.6 Å². The molecule has 0 saturated carbocycles. The van der Waals surface area contributed by atoms with Gasteiger partial charge in [-0.2, -0.15) is 0 Å². The zero-order valence-electron chi connectivity index (χ0n) is 13.2. The lowest BCUT2D eigenvalue weighted by Gasteiger charge is -2.29. The molecule has 1 aromatic heterocycles. The Morgan fingerprint density at radius 3 is 2.86 bits per heavy atom. The second-order valence-corrected chi connectivity index (χ2v) is 7.84. The number of nitrogens with one attached hydrogen (secondary N) is 1. The van der Waals surface area contributed by atoms with E-state index in [-0.39, 0.29) is 5.91 Å². The summed E-state index contributed by atoms with van der Waals surface area (Å²) in [5, 5.41) is 3.38. The highest BCUT2D eigenvalue weighted by Crippen LogP contribution is 2.26. The van der Waals surface area contributed by atoms with Crippen molar-refractivity contribution in [2.75, 3.05) is 19.6 Å². The lowest BCUT2D eigenvalue weighted by molar-refractivity contribution is -0.132. The maximum absolute atomic E-state index is 12.6. The van der Waals surface area contributed by atoms with Crippen LogP contribution >= 0.6 is 22.9 Å². The number of thiophene rings is 1. The van der Waals surface area contributed by atoms with Crippen molar-refractivity contribution < 1.29 is 4.79 Å². The van der Waals surface area contributed by atoms with Crippen LogP contribution in [0.4, 0.5) is 0 Å². The van der Waals surface area contributed by atoms with Crippen LogP contribution in [0.1, 0.15) is 31.1 Å². The highest BCUT2D eigenvalue weighted by molar-refractivity contribution is 7.16. The number of amides is 1. The van der Waals surface area contributed by atoms with Crippen LogP contribution < -0.4 is 5.32 Å². The van der Waals surface area contributed by atoms with Gasteiger partial charge in [-0.05, 0) is 49.9 Å². The molecule has 1 amide bonds. The quantitative estimate of drug-likeness (QED) is 0.762. The van der Waals surface area contributed by atoms with E-state index in [4.69, 9.17) is 11.6 Å². The second-order valence-electron chi connectivity index (χ2n) is 6.04. The molecule has 1 aromatic rings. The Bertz CT molecular complexity index is 497. The number of rotatable bonds is 7. The summed E-state index contributed by atoms with van der Waals surface area (Å²) in [5.74, 6) is 1.32. The van der Waals surface area contributed by atoms with Crippen molar-refractivity contribution in [1.82, 2.24) is 10.2 Å². The first-order valence-electron chi connectivity index (χ1n) is 7.93. The van der Waals surface area contributed by atoms with Crippen molar-refractivity contribution in [1.29, 1.82) is 0 Å². The molecule has 3 nitrogen and oxygen atoms in total.